The molecule has 0 fully saturated rings. The average molecular weight is 825 g/mol. The minimum Gasteiger partial charge on any atom is -0.469 e. The molecule has 296 valence electrons. The maximum Gasteiger partial charge on any atom is 0.308 e. The number of rotatable bonds is 10. The van der Waals surface area contributed by atoms with Crippen LogP contribution in [0.3, 0.4) is 0 Å². The lowest BCUT2D eigenvalue weighted by molar-refractivity contribution is -0.141. The first kappa shape index (κ1) is 38.8. The van der Waals surface area contributed by atoms with Crippen LogP contribution in [0.15, 0.2) is 89.1 Å². The number of ether oxygens (including phenoxy) is 1. The Morgan fingerprint density at radius 3 is 2.41 bits per heavy atom. The number of H-pyrrole nitrogens is 1. The van der Waals surface area contributed by atoms with Crippen molar-refractivity contribution in [2.24, 2.45) is 4.99 Å². The molecule has 8 rings (SSSR count). The van der Waals surface area contributed by atoms with Crippen LogP contribution in [0.25, 0.3) is 27.2 Å². The Hall–Kier alpha value is -7.03. The van der Waals surface area contributed by atoms with Crippen LogP contribution in [-0.4, -0.2) is 62.8 Å². The van der Waals surface area contributed by atoms with Crippen LogP contribution >= 0.6 is 11.3 Å². The second kappa shape index (κ2) is 15.4. The Morgan fingerprint density at radius 1 is 0.966 bits per heavy atom. The van der Waals surface area contributed by atoms with Crippen LogP contribution in [0.1, 0.15) is 72.9 Å². The fourth-order valence-electron chi connectivity index (χ4n) is 7.02. The first-order chi connectivity index (χ1) is 28.4. The summed E-state index contributed by atoms with van der Waals surface area (Å²) in [5, 5.41) is 22.6. The molecule has 0 saturated carbocycles. The number of aliphatic imine (C=N–C) groups is 1. The highest BCUT2D eigenvalue weighted by molar-refractivity contribution is 7.92. The lowest BCUT2D eigenvalue weighted by Crippen LogP contribution is -2.24. The molecule has 0 aliphatic carbocycles. The van der Waals surface area contributed by atoms with Gasteiger partial charge in [0.1, 0.15) is 28.6 Å². The van der Waals surface area contributed by atoms with Crippen LogP contribution in [0.5, 0.6) is 0 Å². The summed E-state index contributed by atoms with van der Waals surface area (Å²) < 4.78 is 36.1. The number of nitriles is 1. The van der Waals surface area contributed by atoms with Gasteiger partial charge in [-0.2, -0.15) is 5.26 Å². The molecule has 0 radical (unpaired) electrons. The van der Waals surface area contributed by atoms with Crippen molar-refractivity contribution in [3.63, 3.8) is 0 Å². The second-order valence-electron chi connectivity index (χ2n) is 14.0. The van der Waals surface area contributed by atoms with Crippen molar-refractivity contribution in [1.29, 1.82) is 5.26 Å². The third kappa shape index (κ3) is 7.24. The van der Waals surface area contributed by atoms with Crippen LogP contribution < -0.4 is 10.0 Å². The zero-order valence-corrected chi connectivity index (χ0v) is 34.1. The lowest BCUT2D eigenvalue weighted by atomic mass is 9.98. The predicted molar refractivity (Wildman–Crippen MR) is 222 cm³/mol. The van der Waals surface area contributed by atoms with Crippen molar-refractivity contribution in [2.75, 3.05) is 11.8 Å². The molecule has 0 unspecified atom stereocenters. The van der Waals surface area contributed by atoms with Crippen LogP contribution in [0, 0.1) is 39.0 Å². The first-order valence-corrected chi connectivity index (χ1v) is 20.7. The maximum absolute atomic E-state index is 13.3. The van der Waals surface area contributed by atoms with Crippen LogP contribution in [-0.2, 0) is 26.1 Å². The van der Waals surface area contributed by atoms with Crippen LogP contribution in [0.2, 0.25) is 0 Å². The van der Waals surface area contributed by atoms with Gasteiger partial charge in [0.25, 0.3) is 15.9 Å². The second-order valence-corrected chi connectivity index (χ2v) is 16.9. The number of hydrogen-bond donors (Lipinski definition) is 3. The zero-order chi connectivity index (χ0) is 41.6. The number of amides is 1. The van der Waals surface area contributed by atoms with Gasteiger partial charge in [-0.3, -0.25) is 28.9 Å². The maximum atomic E-state index is 13.3. The van der Waals surface area contributed by atoms with Gasteiger partial charge in [0.05, 0.1) is 59.0 Å². The molecule has 0 spiro atoms. The molecule has 4 aromatic heterocycles. The summed E-state index contributed by atoms with van der Waals surface area (Å²) in [4.78, 5) is 43.7. The van der Waals surface area contributed by atoms with Gasteiger partial charge in [0.2, 0.25) is 0 Å². The van der Waals surface area contributed by atoms with E-state index < -0.39 is 27.9 Å². The van der Waals surface area contributed by atoms with Crippen molar-refractivity contribution in [2.45, 2.75) is 51.6 Å². The Kier molecular flexibility index (Phi) is 10.1. The third-order valence-corrected chi connectivity index (χ3v) is 12.8. The van der Waals surface area contributed by atoms with E-state index in [0.717, 1.165) is 43.4 Å². The van der Waals surface area contributed by atoms with E-state index >= 15 is 0 Å². The van der Waals surface area contributed by atoms with E-state index in [1.807, 2.05) is 42.7 Å². The Morgan fingerprint density at radius 2 is 1.71 bits per heavy atom. The molecule has 3 aromatic carbocycles. The van der Waals surface area contributed by atoms with Gasteiger partial charge in [0, 0.05) is 39.7 Å². The third-order valence-electron chi connectivity index (χ3n) is 10.3. The molecule has 0 saturated heterocycles. The number of nitrogens with zero attached hydrogens (tertiary/aromatic N) is 7. The molecule has 59 heavy (non-hydrogen) atoms. The Labute approximate surface area is 342 Å². The molecular weight excluding hydrogens is 789 g/mol. The number of hydrogen-bond acceptors (Lipinski definition) is 12. The summed E-state index contributed by atoms with van der Waals surface area (Å²) in [6.45, 7) is 7.99. The lowest BCUT2D eigenvalue weighted by Gasteiger charge is -2.12. The number of esters is 1. The van der Waals surface area contributed by atoms with E-state index in [-0.39, 0.29) is 23.6 Å². The summed E-state index contributed by atoms with van der Waals surface area (Å²) in [5.74, 6) is 0.430. The molecular formula is C42H36N10O5S2. The summed E-state index contributed by atoms with van der Waals surface area (Å²) in [6.07, 6.45) is 4.49. The standard InChI is InChI=1S/C42H36N10O5S2/c1-22-6-15-31(39-36(22)29(17-43)19-46-39)51-59(55,56)30-13-7-26(8-14-30)18-47-41(54)34-21-44-33(20-45-34)27-9-11-28(12-10-27)38-37-23(2)24(3)58-42(37)52-25(4)49-50-40(52)32(48-38)16-35(53)57-5/h6-15,19-21,32,46,51H,16,18H2,1-5H3,(H,47,54)/t32-/m0/s1. The van der Waals surface area contributed by atoms with E-state index in [4.69, 9.17) is 9.73 Å². The number of benzene rings is 3. The largest absolute Gasteiger partial charge is 0.469 e. The molecule has 15 nitrogen and oxygen atoms in total. The number of aryl methyl sites for hydroxylation is 3. The van der Waals surface area contributed by atoms with Crippen molar-refractivity contribution < 1.29 is 22.7 Å². The van der Waals surface area contributed by atoms with Gasteiger partial charge < -0.3 is 15.0 Å². The van der Waals surface area contributed by atoms with E-state index in [1.165, 1.54) is 31.6 Å². The minimum atomic E-state index is -3.96. The number of sulfonamides is 1. The molecule has 1 aliphatic rings. The summed E-state index contributed by atoms with van der Waals surface area (Å²) in [6, 6.07) is 18.8. The molecule has 3 N–H and O–H groups in total. The number of thiophene rings is 1. The number of carbonyl (C=O) groups excluding carboxylic acids is 2. The van der Waals surface area contributed by atoms with E-state index in [2.05, 4.69) is 55.1 Å². The van der Waals surface area contributed by atoms with Crippen molar-refractivity contribution in [3.8, 4) is 22.3 Å². The minimum absolute atomic E-state index is 0.00663. The van der Waals surface area contributed by atoms with Gasteiger partial charge >= 0.3 is 5.97 Å². The van der Waals surface area contributed by atoms with Crippen LogP contribution in [0.4, 0.5) is 5.69 Å². The number of aromatic amines is 1. The van der Waals surface area contributed by atoms with E-state index in [1.54, 1.807) is 41.8 Å². The topological polar surface area (TPSA) is 210 Å². The normalized spacial score (nSPS) is 13.5. The summed E-state index contributed by atoms with van der Waals surface area (Å²) >= 11 is 1.63. The number of anilines is 1. The highest BCUT2D eigenvalue weighted by Gasteiger charge is 2.32. The quantitative estimate of drug-likeness (QED) is 0.127. The number of methoxy groups -OCH3 is 1. The molecule has 1 aliphatic heterocycles. The van der Waals surface area contributed by atoms with Gasteiger partial charge in [-0.05, 0) is 62.6 Å². The number of carbonyl (C=O) groups is 2. The smallest absolute Gasteiger partial charge is 0.308 e. The summed E-state index contributed by atoms with van der Waals surface area (Å²) in [5.41, 5.74) is 7.86. The van der Waals surface area contributed by atoms with Gasteiger partial charge in [-0.15, -0.1) is 21.5 Å². The first-order valence-electron chi connectivity index (χ1n) is 18.4. The van der Waals surface area contributed by atoms with Crippen molar-refractivity contribution >= 4 is 55.5 Å². The SMILES string of the molecule is COC(=O)C[C@@H]1N=C(c2ccc(-c3cnc(C(=O)NCc4ccc(S(=O)(=O)Nc5ccc(C)c6c(C#N)c[nH]c56)cc4)cn3)cc2)c2c(sc(C)c2C)-n2c(C)nnc21. The monoisotopic (exact) mass is 824 g/mol. The Bertz CT molecular complexity index is 2980. The predicted octanol–water partition coefficient (Wildman–Crippen LogP) is 6.56. The molecule has 1 amide bonds. The summed E-state index contributed by atoms with van der Waals surface area (Å²) in [7, 11) is -2.61. The highest BCUT2D eigenvalue weighted by atomic mass is 32.2. The molecule has 0 bridgehead atoms. The van der Waals surface area contributed by atoms with Crippen molar-refractivity contribution in [3.05, 3.63) is 135 Å². The van der Waals surface area contributed by atoms with E-state index in [9.17, 15) is 23.3 Å². The van der Waals surface area contributed by atoms with Crippen molar-refractivity contribution in [1.82, 2.24) is 35.0 Å². The molecule has 5 heterocycles. The fourth-order valence-corrected chi connectivity index (χ4v) is 9.30. The van der Waals surface area contributed by atoms with E-state index in [0.29, 0.717) is 45.1 Å². The van der Waals surface area contributed by atoms with Gasteiger partial charge in [0.15, 0.2) is 5.82 Å². The number of fused-ring (bicyclic) bond motifs is 4. The number of nitrogens with one attached hydrogen (secondary N) is 3. The van der Waals surface area contributed by atoms with Gasteiger partial charge in [-0.25, -0.2) is 13.4 Å². The molecule has 1 atom stereocenters. The molecule has 7 aromatic rings. The highest BCUT2D eigenvalue weighted by Crippen LogP contribution is 2.40. The Balaban J connectivity index is 0.945. The number of aromatic nitrogens is 6. The van der Waals surface area contributed by atoms with Gasteiger partial charge in [-0.1, -0.05) is 42.5 Å². The zero-order valence-electron chi connectivity index (χ0n) is 32.5. The average Bonchev–Trinajstić information content (AvgIpc) is 3.92. The molecule has 17 heteroatoms. The fraction of sp³-hybridized carbons (Fsp3) is 0.190.